The number of carbonyl (C=O) groups excluding carboxylic acids is 1. The molecule has 0 aliphatic rings. The van der Waals surface area contributed by atoms with Crippen LogP contribution in [0.4, 0.5) is 14.5 Å². The first-order chi connectivity index (χ1) is 8.01. The van der Waals surface area contributed by atoms with Crippen molar-refractivity contribution in [1.29, 1.82) is 0 Å². The Morgan fingerprint density at radius 3 is 2.47 bits per heavy atom. The SMILES string of the molecule is COc1c([N+](=O)[O-])ccc(C=O)c1OC(F)F. The lowest BCUT2D eigenvalue weighted by molar-refractivity contribution is -0.385. The molecule has 0 saturated heterocycles. The Bertz CT molecular complexity index is 449. The van der Waals surface area contributed by atoms with E-state index in [4.69, 9.17) is 0 Å². The standard InChI is InChI=1S/C9H7F2NO5/c1-16-8-6(12(14)15)3-2-5(4-13)7(8)17-9(10)11/h2-4,9H,1H3. The van der Waals surface area contributed by atoms with Gasteiger partial charge in [0, 0.05) is 6.07 Å². The van der Waals surface area contributed by atoms with Gasteiger partial charge in [0.05, 0.1) is 17.6 Å². The third-order valence-corrected chi connectivity index (χ3v) is 1.86. The number of rotatable bonds is 5. The van der Waals surface area contributed by atoms with Gasteiger partial charge in [-0.15, -0.1) is 0 Å². The molecule has 0 fully saturated rings. The highest BCUT2D eigenvalue weighted by molar-refractivity contribution is 5.83. The molecule has 0 saturated carbocycles. The molecule has 0 bridgehead atoms. The Balaban J connectivity index is 3.42. The molecule has 0 unspecified atom stereocenters. The fraction of sp³-hybridized carbons (Fsp3) is 0.222. The summed E-state index contributed by atoms with van der Waals surface area (Å²) in [6.45, 7) is -3.22. The van der Waals surface area contributed by atoms with E-state index in [-0.39, 0.29) is 11.8 Å². The first kappa shape index (κ1) is 12.8. The molecule has 0 spiro atoms. The summed E-state index contributed by atoms with van der Waals surface area (Å²) in [7, 11) is 1.05. The molecule has 0 aliphatic carbocycles. The number of hydrogen-bond donors (Lipinski definition) is 0. The number of nitro groups is 1. The fourth-order valence-electron chi connectivity index (χ4n) is 1.21. The largest absolute Gasteiger partial charge is 0.488 e. The van der Waals surface area contributed by atoms with E-state index < -0.39 is 28.7 Å². The zero-order valence-corrected chi connectivity index (χ0v) is 8.55. The van der Waals surface area contributed by atoms with E-state index in [0.29, 0.717) is 0 Å². The van der Waals surface area contributed by atoms with Crippen molar-refractivity contribution in [1.82, 2.24) is 0 Å². The molecule has 17 heavy (non-hydrogen) atoms. The minimum atomic E-state index is -3.22. The van der Waals surface area contributed by atoms with Gasteiger partial charge in [-0.2, -0.15) is 8.78 Å². The third-order valence-electron chi connectivity index (χ3n) is 1.86. The molecule has 0 N–H and O–H groups in total. The van der Waals surface area contributed by atoms with Crippen molar-refractivity contribution in [2.75, 3.05) is 7.11 Å². The third kappa shape index (κ3) is 2.65. The smallest absolute Gasteiger partial charge is 0.387 e. The second-order valence-electron chi connectivity index (χ2n) is 2.79. The second-order valence-corrected chi connectivity index (χ2v) is 2.79. The molecule has 6 nitrogen and oxygen atoms in total. The van der Waals surface area contributed by atoms with Crippen molar-refractivity contribution < 1.29 is 28.0 Å². The van der Waals surface area contributed by atoms with Crippen LogP contribution in [0.3, 0.4) is 0 Å². The van der Waals surface area contributed by atoms with Gasteiger partial charge in [0.1, 0.15) is 0 Å². The number of halogens is 2. The Hall–Kier alpha value is -2.25. The van der Waals surface area contributed by atoms with Crippen LogP contribution in [0.25, 0.3) is 0 Å². The lowest BCUT2D eigenvalue weighted by Gasteiger charge is -2.11. The van der Waals surface area contributed by atoms with Crippen LogP contribution < -0.4 is 9.47 Å². The summed E-state index contributed by atoms with van der Waals surface area (Å²) in [5.74, 6) is -1.16. The molecule has 0 amide bonds. The van der Waals surface area contributed by atoms with Crippen LogP contribution in [0, 0.1) is 10.1 Å². The van der Waals surface area contributed by atoms with Crippen LogP contribution in [0.5, 0.6) is 11.5 Å². The molecular formula is C9H7F2NO5. The van der Waals surface area contributed by atoms with Crippen LogP contribution in [0.2, 0.25) is 0 Å². The van der Waals surface area contributed by atoms with Crippen molar-refractivity contribution in [2.24, 2.45) is 0 Å². The summed E-state index contributed by atoms with van der Waals surface area (Å²) >= 11 is 0. The van der Waals surface area contributed by atoms with Crippen LogP contribution in [0.15, 0.2) is 12.1 Å². The van der Waals surface area contributed by atoms with Crippen LogP contribution in [0.1, 0.15) is 10.4 Å². The van der Waals surface area contributed by atoms with Crippen molar-refractivity contribution in [2.45, 2.75) is 6.61 Å². The molecular weight excluding hydrogens is 240 g/mol. The van der Waals surface area contributed by atoms with Crippen LogP contribution in [-0.4, -0.2) is 24.9 Å². The van der Waals surface area contributed by atoms with Crippen LogP contribution >= 0.6 is 0 Å². The molecule has 0 aromatic heterocycles. The Labute approximate surface area is 93.9 Å². The topological polar surface area (TPSA) is 78.7 Å². The van der Waals surface area contributed by atoms with Gasteiger partial charge in [-0.05, 0) is 6.07 Å². The summed E-state index contributed by atoms with van der Waals surface area (Å²) in [5, 5.41) is 10.6. The van der Waals surface area contributed by atoms with Crippen molar-refractivity contribution in [3.63, 3.8) is 0 Å². The number of aldehydes is 1. The van der Waals surface area contributed by atoms with E-state index in [9.17, 15) is 23.7 Å². The predicted octanol–water partition coefficient (Wildman–Crippen LogP) is 2.02. The molecule has 1 rings (SSSR count). The van der Waals surface area contributed by atoms with E-state index >= 15 is 0 Å². The molecule has 8 heteroatoms. The minimum Gasteiger partial charge on any atom is -0.488 e. The monoisotopic (exact) mass is 247 g/mol. The molecule has 0 heterocycles. The van der Waals surface area contributed by atoms with Gasteiger partial charge in [0.2, 0.25) is 5.75 Å². The zero-order chi connectivity index (χ0) is 13.0. The van der Waals surface area contributed by atoms with E-state index in [2.05, 4.69) is 9.47 Å². The number of ether oxygens (including phenoxy) is 2. The number of carbonyl (C=O) groups is 1. The van der Waals surface area contributed by atoms with Crippen molar-refractivity contribution in [3.05, 3.63) is 27.8 Å². The molecule has 0 radical (unpaired) electrons. The molecule has 0 aliphatic heterocycles. The van der Waals surface area contributed by atoms with Gasteiger partial charge in [-0.3, -0.25) is 14.9 Å². The number of methoxy groups -OCH3 is 1. The van der Waals surface area contributed by atoms with Crippen molar-refractivity contribution in [3.8, 4) is 11.5 Å². The zero-order valence-electron chi connectivity index (χ0n) is 8.55. The van der Waals surface area contributed by atoms with Crippen LogP contribution in [-0.2, 0) is 0 Å². The van der Waals surface area contributed by atoms with Crippen molar-refractivity contribution >= 4 is 12.0 Å². The van der Waals surface area contributed by atoms with Gasteiger partial charge in [-0.25, -0.2) is 0 Å². The Kier molecular flexibility index (Phi) is 3.91. The van der Waals surface area contributed by atoms with E-state index in [0.717, 1.165) is 19.2 Å². The number of nitro benzene ring substituents is 1. The Morgan fingerprint density at radius 2 is 2.06 bits per heavy atom. The van der Waals surface area contributed by atoms with E-state index in [1.807, 2.05) is 0 Å². The number of alkyl halides is 2. The summed E-state index contributed by atoms with van der Waals surface area (Å²) in [4.78, 5) is 20.4. The first-order valence-electron chi connectivity index (χ1n) is 4.26. The summed E-state index contributed by atoms with van der Waals surface area (Å²) in [5.41, 5.74) is -0.818. The normalized spacial score (nSPS) is 10.1. The van der Waals surface area contributed by atoms with E-state index in [1.54, 1.807) is 0 Å². The number of hydrogen-bond acceptors (Lipinski definition) is 5. The quantitative estimate of drug-likeness (QED) is 0.451. The maximum atomic E-state index is 12.1. The highest BCUT2D eigenvalue weighted by Crippen LogP contribution is 2.39. The molecule has 92 valence electrons. The number of benzene rings is 1. The van der Waals surface area contributed by atoms with Gasteiger partial charge < -0.3 is 9.47 Å². The lowest BCUT2D eigenvalue weighted by Crippen LogP contribution is -2.07. The average molecular weight is 247 g/mol. The molecule has 1 aromatic rings. The fourth-order valence-corrected chi connectivity index (χ4v) is 1.21. The highest BCUT2D eigenvalue weighted by Gasteiger charge is 2.25. The second kappa shape index (κ2) is 5.19. The Morgan fingerprint density at radius 1 is 1.41 bits per heavy atom. The lowest BCUT2D eigenvalue weighted by atomic mass is 10.2. The van der Waals surface area contributed by atoms with Gasteiger partial charge in [0.25, 0.3) is 0 Å². The molecule has 1 aromatic carbocycles. The summed E-state index contributed by atoms with van der Waals surface area (Å²) in [6, 6.07) is 1.98. The molecule has 0 atom stereocenters. The minimum absolute atomic E-state index is 0.240. The average Bonchev–Trinajstić information content (AvgIpc) is 2.27. The predicted molar refractivity (Wildman–Crippen MR) is 51.7 cm³/mol. The van der Waals surface area contributed by atoms with Gasteiger partial charge in [-0.1, -0.05) is 0 Å². The van der Waals surface area contributed by atoms with E-state index in [1.165, 1.54) is 0 Å². The maximum Gasteiger partial charge on any atom is 0.387 e. The summed E-state index contributed by atoms with van der Waals surface area (Å²) in [6.07, 6.45) is 0.240. The summed E-state index contributed by atoms with van der Waals surface area (Å²) < 4.78 is 32.9. The van der Waals surface area contributed by atoms with Gasteiger partial charge in [0.15, 0.2) is 12.0 Å². The maximum absolute atomic E-state index is 12.1. The highest BCUT2D eigenvalue weighted by atomic mass is 19.3. The number of nitrogens with zero attached hydrogens (tertiary/aromatic N) is 1. The first-order valence-corrected chi connectivity index (χ1v) is 4.26. The van der Waals surface area contributed by atoms with Gasteiger partial charge >= 0.3 is 12.3 Å².